The van der Waals surface area contributed by atoms with Gasteiger partial charge in [0.25, 0.3) is 5.79 Å². The van der Waals surface area contributed by atoms with Gasteiger partial charge in [0.1, 0.15) is 0 Å². The number of esters is 2. The van der Waals surface area contributed by atoms with Crippen LogP contribution in [0.4, 0.5) is 0 Å². The van der Waals surface area contributed by atoms with Crippen molar-refractivity contribution < 1.29 is 19.1 Å². The van der Waals surface area contributed by atoms with Gasteiger partial charge in [0.2, 0.25) is 0 Å². The van der Waals surface area contributed by atoms with Crippen LogP contribution in [-0.4, -0.2) is 34.8 Å². The summed E-state index contributed by atoms with van der Waals surface area (Å²) in [6, 6.07) is 3.44. The predicted molar refractivity (Wildman–Crippen MR) is 103 cm³/mol. The number of nitrogens with one attached hydrogen (secondary N) is 1. The fourth-order valence-electron chi connectivity index (χ4n) is 3.73. The largest absolute Gasteiger partial charge is 0.416 e. The summed E-state index contributed by atoms with van der Waals surface area (Å²) in [7, 11) is 0. The Kier molecular flexibility index (Phi) is 4.85. The maximum atomic E-state index is 12.2. The number of aryl methyl sites for hydroxylation is 1. The number of nitrogens with zero attached hydrogens (tertiary/aromatic N) is 2. The Morgan fingerprint density at radius 1 is 1.11 bits per heavy atom. The van der Waals surface area contributed by atoms with Gasteiger partial charge in [0.15, 0.2) is 0 Å². The molecule has 4 rings (SSSR count). The Bertz CT molecular complexity index is 968. The molecule has 28 heavy (non-hydrogen) atoms. The number of carbonyl (C=O) groups excluding carboxylic acids is 2. The molecule has 148 valence electrons. The quantitative estimate of drug-likeness (QED) is 0.709. The van der Waals surface area contributed by atoms with Crippen LogP contribution in [0.1, 0.15) is 35.4 Å². The second-order valence-corrected chi connectivity index (χ2v) is 7.73. The van der Waals surface area contributed by atoms with Gasteiger partial charge in [-0.05, 0) is 44.5 Å². The first kappa shape index (κ1) is 19.2. The van der Waals surface area contributed by atoms with E-state index in [1.165, 1.54) is 0 Å². The van der Waals surface area contributed by atoms with Gasteiger partial charge in [-0.2, -0.15) is 5.10 Å². The number of benzene rings is 1. The van der Waals surface area contributed by atoms with Gasteiger partial charge >= 0.3 is 11.9 Å². The Morgan fingerprint density at radius 2 is 1.79 bits per heavy atom. The number of rotatable bonds is 1. The zero-order valence-electron chi connectivity index (χ0n) is 15.5. The van der Waals surface area contributed by atoms with Gasteiger partial charge in [0.05, 0.1) is 46.5 Å². The summed E-state index contributed by atoms with van der Waals surface area (Å²) in [6.45, 7) is 4.42. The number of carbonyl (C=O) groups is 2. The maximum absolute atomic E-state index is 12.2. The zero-order valence-corrected chi connectivity index (χ0v) is 17.0. The molecular weight excluding hydrogens is 405 g/mol. The average molecular weight is 424 g/mol. The van der Waals surface area contributed by atoms with Crippen molar-refractivity contribution in [2.45, 2.75) is 38.9 Å². The van der Waals surface area contributed by atoms with Crippen molar-refractivity contribution in [2.75, 3.05) is 13.1 Å². The third kappa shape index (κ3) is 3.07. The van der Waals surface area contributed by atoms with E-state index in [-0.39, 0.29) is 19.4 Å². The van der Waals surface area contributed by atoms with Crippen LogP contribution < -0.4 is 5.32 Å². The smallest absolute Gasteiger partial charge is 0.309 e. The van der Waals surface area contributed by atoms with Crippen molar-refractivity contribution in [1.29, 1.82) is 0 Å². The summed E-state index contributed by atoms with van der Waals surface area (Å²) in [5, 5.41) is 8.76. The van der Waals surface area contributed by atoms with E-state index in [0.29, 0.717) is 40.0 Å². The van der Waals surface area contributed by atoms with Crippen LogP contribution in [0.15, 0.2) is 12.1 Å². The number of hydrogen-bond acceptors (Lipinski definition) is 6. The van der Waals surface area contributed by atoms with Gasteiger partial charge < -0.3 is 14.8 Å². The van der Waals surface area contributed by atoms with Crippen LogP contribution >= 0.6 is 23.2 Å². The first-order valence-electron chi connectivity index (χ1n) is 9.01. The lowest BCUT2D eigenvalue weighted by atomic mass is 9.96. The number of fused-ring (bicyclic) bond motifs is 2. The van der Waals surface area contributed by atoms with Crippen LogP contribution in [0.25, 0.3) is 5.69 Å². The lowest BCUT2D eigenvalue weighted by molar-refractivity contribution is -0.225. The highest BCUT2D eigenvalue weighted by atomic mass is 35.5. The fraction of sp³-hybridized carbons (Fsp3) is 0.421. The number of halogens is 2. The normalized spacial score (nSPS) is 18.9. The summed E-state index contributed by atoms with van der Waals surface area (Å²) in [5.74, 6) is -2.49. The molecule has 0 saturated carbocycles. The molecule has 0 atom stereocenters. The Balaban J connectivity index is 1.97. The summed E-state index contributed by atoms with van der Waals surface area (Å²) in [6.07, 6.45) is 0.560. The Morgan fingerprint density at radius 3 is 2.39 bits per heavy atom. The van der Waals surface area contributed by atoms with Crippen molar-refractivity contribution in [3.05, 3.63) is 44.7 Å². The number of hydrogen-bond donors (Lipinski definition) is 1. The molecule has 2 aliphatic heterocycles. The van der Waals surface area contributed by atoms with E-state index >= 15 is 0 Å². The molecule has 0 aliphatic carbocycles. The molecule has 0 radical (unpaired) electrons. The lowest BCUT2D eigenvalue weighted by Crippen LogP contribution is -2.43. The molecule has 7 nitrogen and oxygen atoms in total. The first-order chi connectivity index (χ1) is 13.3. The minimum Gasteiger partial charge on any atom is -0.416 e. The fourth-order valence-corrected chi connectivity index (χ4v) is 4.10. The molecule has 1 N–H and O–H groups in total. The van der Waals surface area contributed by atoms with Crippen molar-refractivity contribution in [3.63, 3.8) is 0 Å². The highest BCUT2D eigenvalue weighted by Gasteiger charge is 2.46. The number of aromatic nitrogens is 2. The Hall–Kier alpha value is -2.09. The van der Waals surface area contributed by atoms with Gasteiger partial charge in [0, 0.05) is 5.56 Å². The minimum atomic E-state index is -1.53. The molecule has 9 heteroatoms. The van der Waals surface area contributed by atoms with E-state index in [2.05, 4.69) is 10.4 Å². The second-order valence-electron chi connectivity index (χ2n) is 6.95. The molecule has 0 unspecified atom stereocenters. The molecule has 2 aliphatic rings. The summed E-state index contributed by atoms with van der Waals surface area (Å²) in [4.78, 5) is 24.4. The molecular formula is C19H19Cl2N3O4. The molecule has 2 aromatic rings. The summed E-state index contributed by atoms with van der Waals surface area (Å²) >= 11 is 12.9. The van der Waals surface area contributed by atoms with E-state index in [9.17, 15) is 9.59 Å². The van der Waals surface area contributed by atoms with E-state index in [0.717, 1.165) is 11.3 Å². The minimum absolute atomic E-state index is 0.0105. The highest BCUT2D eigenvalue weighted by Crippen LogP contribution is 2.40. The van der Waals surface area contributed by atoms with Crippen LogP contribution in [0.2, 0.25) is 10.0 Å². The average Bonchev–Trinajstić information content (AvgIpc) is 2.81. The van der Waals surface area contributed by atoms with Crippen molar-refractivity contribution in [1.82, 2.24) is 15.1 Å². The van der Waals surface area contributed by atoms with Crippen LogP contribution in [0, 0.1) is 13.8 Å². The van der Waals surface area contributed by atoms with Crippen molar-refractivity contribution in [2.24, 2.45) is 0 Å². The molecule has 1 aromatic heterocycles. The Labute approximate surface area is 171 Å². The van der Waals surface area contributed by atoms with Crippen LogP contribution in [0.3, 0.4) is 0 Å². The monoisotopic (exact) mass is 423 g/mol. The van der Waals surface area contributed by atoms with Gasteiger partial charge in [-0.15, -0.1) is 0 Å². The second kappa shape index (κ2) is 7.06. The van der Waals surface area contributed by atoms with Crippen LogP contribution in [0.5, 0.6) is 0 Å². The van der Waals surface area contributed by atoms with E-state index in [1.54, 1.807) is 16.8 Å². The van der Waals surface area contributed by atoms with Crippen molar-refractivity contribution >= 4 is 35.1 Å². The van der Waals surface area contributed by atoms with Crippen LogP contribution in [-0.2, 0) is 31.3 Å². The molecule has 0 bridgehead atoms. The molecule has 1 aromatic carbocycles. The topological polar surface area (TPSA) is 82.5 Å². The standard InChI is InChI=1S/C19H19Cl2N3O4/c1-10-17(21)11(2)24(23-10)18-12-7-8-22-9-19(13(12)3-4-14(18)20)27-15(25)5-6-16(26)28-19/h3-4,22H,5-9H2,1-2H3. The number of ether oxygens (including phenoxy) is 2. The van der Waals surface area contributed by atoms with E-state index in [1.807, 2.05) is 13.8 Å². The highest BCUT2D eigenvalue weighted by molar-refractivity contribution is 6.33. The predicted octanol–water partition coefficient (Wildman–Crippen LogP) is 2.97. The van der Waals surface area contributed by atoms with E-state index < -0.39 is 17.7 Å². The maximum Gasteiger partial charge on any atom is 0.309 e. The van der Waals surface area contributed by atoms with Gasteiger partial charge in [-0.25, -0.2) is 4.68 Å². The molecule has 1 fully saturated rings. The van der Waals surface area contributed by atoms with Gasteiger partial charge in [-0.1, -0.05) is 23.2 Å². The summed E-state index contributed by atoms with van der Waals surface area (Å²) in [5.41, 5.74) is 3.45. The molecule has 3 heterocycles. The zero-order chi connectivity index (χ0) is 20.1. The van der Waals surface area contributed by atoms with Crippen molar-refractivity contribution in [3.8, 4) is 5.69 Å². The first-order valence-corrected chi connectivity index (χ1v) is 9.76. The van der Waals surface area contributed by atoms with E-state index in [4.69, 9.17) is 32.7 Å². The third-order valence-corrected chi connectivity index (χ3v) is 5.91. The molecule has 1 spiro atoms. The third-order valence-electron chi connectivity index (χ3n) is 5.06. The lowest BCUT2D eigenvalue weighted by Gasteiger charge is -2.32. The molecule has 1 saturated heterocycles. The van der Waals surface area contributed by atoms with Gasteiger partial charge in [-0.3, -0.25) is 9.59 Å². The molecule has 0 amide bonds. The summed E-state index contributed by atoms with van der Waals surface area (Å²) < 4.78 is 13.0. The SMILES string of the molecule is Cc1nn(-c2c(Cl)ccc3c2CCNCC32OC(=O)CCC(=O)O2)c(C)c1Cl.